The minimum absolute atomic E-state index is 0.00933. The number of nitrogens with zero attached hydrogens (tertiary/aromatic N) is 6. The molecule has 0 bridgehead atoms. The zero-order valence-electron chi connectivity index (χ0n) is 19.4. The number of rotatable bonds is 5. The van der Waals surface area contributed by atoms with Gasteiger partial charge in [0.05, 0.1) is 5.92 Å². The van der Waals surface area contributed by atoms with E-state index in [1.54, 1.807) is 4.90 Å². The van der Waals surface area contributed by atoms with Crippen molar-refractivity contribution < 1.29 is 9.59 Å². The predicted molar refractivity (Wildman–Crippen MR) is 138 cm³/mol. The van der Waals surface area contributed by atoms with Crippen LogP contribution in [0.4, 0.5) is 23.1 Å². The number of nitrogens with one attached hydrogen (secondary N) is 1. The van der Waals surface area contributed by atoms with Crippen LogP contribution in [-0.4, -0.2) is 64.6 Å². The van der Waals surface area contributed by atoms with Crippen molar-refractivity contribution in [2.24, 2.45) is 5.92 Å². The number of aryl methyl sites for hydroxylation is 1. The fourth-order valence-corrected chi connectivity index (χ4v) is 4.87. The lowest BCUT2D eigenvalue weighted by atomic mass is 10.1. The number of hydrogen-bond donors (Lipinski definition) is 1. The maximum absolute atomic E-state index is 13.2. The van der Waals surface area contributed by atoms with Crippen LogP contribution >= 0.6 is 15.9 Å². The minimum Gasteiger partial charge on any atom is -0.352 e. The van der Waals surface area contributed by atoms with Gasteiger partial charge in [0.25, 0.3) is 0 Å². The predicted octanol–water partition coefficient (Wildman–Crippen LogP) is 3.39. The van der Waals surface area contributed by atoms with Crippen LogP contribution in [0.15, 0.2) is 59.1 Å². The molecule has 1 unspecified atom stereocenters. The van der Waals surface area contributed by atoms with Gasteiger partial charge in [-0.3, -0.25) is 9.59 Å². The van der Waals surface area contributed by atoms with Crippen molar-refractivity contribution >= 4 is 50.9 Å². The fourth-order valence-electron chi connectivity index (χ4n) is 4.49. The second-order valence-corrected chi connectivity index (χ2v) is 9.68. The Bertz CT molecular complexity index is 1230. The van der Waals surface area contributed by atoms with Gasteiger partial charge in [0.2, 0.25) is 11.8 Å². The first-order valence-electron chi connectivity index (χ1n) is 11.6. The van der Waals surface area contributed by atoms with Crippen molar-refractivity contribution in [3.63, 3.8) is 0 Å². The summed E-state index contributed by atoms with van der Waals surface area (Å²) in [7, 11) is 0. The minimum atomic E-state index is -0.312. The molecule has 2 amide bonds. The first kappa shape index (κ1) is 23.2. The number of hydrogen-bond acceptors (Lipinski definition) is 7. The smallest absolute Gasteiger partial charge is 0.228 e. The Kier molecular flexibility index (Phi) is 6.63. The molecule has 0 radical (unpaired) electrons. The van der Waals surface area contributed by atoms with Gasteiger partial charge < -0.3 is 20.0 Å². The number of piperazine rings is 1. The van der Waals surface area contributed by atoms with E-state index < -0.39 is 0 Å². The Morgan fingerprint density at radius 3 is 2.51 bits per heavy atom. The average Bonchev–Trinajstić information content (AvgIpc) is 3.26. The number of carbonyl (C=O) groups excluding carboxylic acids is 2. The van der Waals surface area contributed by atoms with Gasteiger partial charge in [0, 0.05) is 55.0 Å². The van der Waals surface area contributed by atoms with Crippen molar-refractivity contribution in [2.45, 2.75) is 13.3 Å². The Balaban J connectivity index is 1.15. The molecular formula is C25H26BrN7O2. The highest BCUT2D eigenvalue weighted by Gasteiger charge is 2.38. The molecule has 10 heteroatoms. The zero-order valence-corrected chi connectivity index (χ0v) is 21.0. The number of amides is 2. The van der Waals surface area contributed by atoms with Gasteiger partial charge >= 0.3 is 0 Å². The van der Waals surface area contributed by atoms with Crippen LogP contribution in [0.3, 0.4) is 0 Å². The van der Waals surface area contributed by atoms with Gasteiger partial charge in [0.15, 0.2) is 11.6 Å². The molecule has 2 fully saturated rings. The van der Waals surface area contributed by atoms with Gasteiger partial charge in [-0.05, 0) is 49.4 Å². The first-order chi connectivity index (χ1) is 17.0. The molecule has 0 aliphatic carbocycles. The summed E-state index contributed by atoms with van der Waals surface area (Å²) in [4.78, 5) is 35.9. The topological polar surface area (TPSA) is 94.6 Å². The summed E-state index contributed by atoms with van der Waals surface area (Å²) >= 11 is 3.45. The third kappa shape index (κ3) is 5.27. The van der Waals surface area contributed by atoms with E-state index in [4.69, 9.17) is 0 Å². The Morgan fingerprint density at radius 1 is 1.00 bits per heavy atom. The first-order valence-corrected chi connectivity index (χ1v) is 12.4. The van der Waals surface area contributed by atoms with E-state index in [0.717, 1.165) is 27.5 Å². The Morgan fingerprint density at radius 2 is 1.80 bits per heavy atom. The largest absolute Gasteiger partial charge is 0.352 e. The quantitative estimate of drug-likeness (QED) is 0.535. The molecule has 5 rings (SSSR count). The van der Waals surface area contributed by atoms with Gasteiger partial charge in [-0.1, -0.05) is 28.1 Å². The summed E-state index contributed by atoms with van der Waals surface area (Å²) in [6, 6.07) is 17.2. The molecule has 0 spiro atoms. The SMILES string of the molecule is Cc1cccc(Nc2ccc(N3CCN(C(=O)C4CC(=O)N(c5cccc(Br)c5)C4)CC3)nn2)n1. The second-order valence-electron chi connectivity index (χ2n) is 8.76. The van der Waals surface area contributed by atoms with Crippen LogP contribution in [0.1, 0.15) is 12.1 Å². The van der Waals surface area contributed by atoms with Crippen LogP contribution in [-0.2, 0) is 9.59 Å². The highest BCUT2D eigenvalue weighted by atomic mass is 79.9. The van der Waals surface area contributed by atoms with E-state index in [9.17, 15) is 9.59 Å². The van der Waals surface area contributed by atoms with E-state index in [1.807, 2.05) is 66.4 Å². The summed E-state index contributed by atoms with van der Waals surface area (Å²) in [6.07, 6.45) is 0.251. The van der Waals surface area contributed by atoms with Crippen molar-refractivity contribution in [1.29, 1.82) is 0 Å². The molecular weight excluding hydrogens is 510 g/mol. The fraction of sp³-hybridized carbons (Fsp3) is 0.320. The molecule has 2 saturated heterocycles. The monoisotopic (exact) mass is 535 g/mol. The summed E-state index contributed by atoms with van der Waals surface area (Å²) in [5.74, 6) is 1.85. The van der Waals surface area contributed by atoms with Crippen LogP contribution in [0, 0.1) is 12.8 Å². The number of benzene rings is 1. The molecule has 0 saturated carbocycles. The van der Waals surface area contributed by atoms with Gasteiger partial charge in [-0.2, -0.15) is 0 Å². The molecule has 1 aromatic carbocycles. The lowest BCUT2D eigenvalue weighted by Gasteiger charge is -2.36. The van der Waals surface area contributed by atoms with Crippen LogP contribution < -0.4 is 15.1 Å². The van der Waals surface area contributed by atoms with Crippen molar-refractivity contribution in [1.82, 2.24) is 20.1 Å². The van der Waals surface area contributed by atoms with E-state index >= 15 is 0 Å². The van der Waals surface area contributed by atoms with Crippen LogP contribution in [0.2, 0.25) is 0 Å². The summed E-state index contributed by atoms with van der Waals surface area (Å²) in [6.45, 7) is 4.88. The van der Waals surface area contributed by atoms with Gasteiger partial charge in [-0.25, -0.2) is 4.98 Å². The van der Waals surface area contributed by atoms with E-state index in [0.29, 0.717) is 38.5 Å². The normalized spacial score (nSPS) is 18.2. The number of pyridine rings is 1. The molecule has 3 aromatic rings. The van der Waals surface area contributed by atoms with Gasteiger partial charge in [0.1, 0.15) is 5.82 Å². The number of aromatic nitrogens is 3. The van der Waals surface area contributed by atoms with E-state index in [-0.39, 0.29) is 24.2 Å². The second kappa shape index (κ2) is 9.99. The zero-order chi connectivity index (χ0) is 24.4. The van der Waals surface area contributed by atoms with Crippen molar-refractivity contribution in [3.05, 3.63) is 64.8 Å². The lowest BCUT2D eigenvalue weighted by molar-refractivity contribution is -0.136. The summed E-state index contributed by atoms with van der Waals surface area (Å²) in [5, 5.41) is 11.8. The maximum atomic E-state index is 13.2. The molecule has 4 heterocycles. The van der Waals surface area contributed by atoms with Crippen molar-refractivity contribution in [2.75, 3.05) is 47.8 Å². The molecule has 1 N–H and O–H groups in total. The Labute approximate surface area is 212 Å². The molecule has 35 heavy (non-hydrogen) atoms. The third-order valence-electron chi connectivity index (χ3n) is 6.30. The molecule has 9 nitrogen and oxygen atoms in total. The van der Waals surface area contributed by atoms with E-state index in [1.165, 1.54) is 0 Å². The summed E-state index contributed by atoms with van der Waals surface area (Å²) < 4.78 is 0.910. The standard InChI is InChI=1S/C25H26BrN7O2/c1-17-4-2-7-21(27-17)28-22-8-9-23(30-29-22)31-10-12-32(13-11-31)25(35)18-14-24(34)33(16-18)20-6-3-5-19(26)15-20/h2-9,15,18H,10-14,16H2,1H3,(H,27,28,29). The summed E-state index contributed by atoms with van der Waals surface area (Å²) in [5.41, 5.74) is 1.74. The van der Waals surface area contributed by atoms with Crippen LogP contribution in [0.25, 0.3) is 0 Å². The highest BCUT2D eigenvalue weighted by Crippen LogP contribution is 2.28. The molecule has 180 valence electrons. The highest BCUT2D eigenvalue weighted by molar-refractivity contribution is 9.10. The Hall–Kier alpha value is -3.53. The molecule has 2 aromatic heterocycles. The van der Waals surface area contributed by atoms with Gasteiger partial charge in [-0.15, -0.1) is 10.2 Å². The van der Waals surface area contributed by atoms with Crippen molar-refractivity contribution in [3.8, 4) is 0 Å². The molecule has 1 atom stereocenters. The van der Waals surface area contributed by atoms with Crippen LogP contribution in [0.5, 0.6) is 0 Å². The number of halogens is 1. The maximum Gasteiger partial charge on any atom is 0.228 e. The number of anilines is 4. The lowest BCUT2D eigenvalue weighted by Crippen LogP contribution is -2.51. The number of carbonyl (C=O) groups is 2. The molecule has 2 aliphatic rings. The third-order valence-corrected chi connectivity index (χ3v) is 6.80. The average molecular weight is 536 g/mol. The van der Waals surface area contributed by atoms with E-state index in [2.05, 4.69) is 41.3 Å². The molecule has 2 aliphatic heterocycles.